The SMILES string of the molecule is Cc1ccc(C(=O)CCC(=O)NCCc2cn3ccccc3n2)cc1C. The van der Waals surface area contributed by atoms with Gasteiger partial charge in [0.1, 0.15) is 5.65 Å². The molecule has 5 heteroatoms. The zero-order valence-electron chi connectivity index (χ0n) is 15.2. The number of imidazole rings is 1. The van der Waals surface area contributed by atoms with E-state index in [1.165, 1.54) is 0 Å². The van der Waals surface area contributed by atoms with Crippen LogP contribution in [0.4, 0.5) is 0 Å². The molecule has 0 fully saturated rings. The maximum atomic E-state index is 12.2. The van der Waals surface area contributed by atoms with Gasteiger partial charge in [0.2, 0.25) is 5.91 Å². The van der Waals surface area contributed by atoms with Crippen molar-refractivity contribution in [2.45, 2.75) is 33.1 Å². The molecule has 0 saturated carbocycles. The number of benzene rings is 1. The molecule has 1 aromatic carbocycles. The summed E-state index contributed by atoms with van der Waals surface area (Å²) in [7, 11) is 0. The zero-order valence-corrected chi connectivity index (χ0v) is 15.2. The first-order valence-corrected chi connectivity index (χ1v) is 8.83. The summed E-state index contributed by atoms with van der Waals surface area (Å²) in [6.07, 6.45) is 5.01. The number of fused-ring (bicyclic) bond motifs is 1. The molecule has 0 bridgehead atoms. The van der Waals surface area contributed by atoms with Crippen molar-refractivity contribution in [3.8, 4) is 0 Å². The maximum Gasteiger partial charge on any atom is 0.220 e. The number of pyridine rings is 1. The van der Waals surface area contributed by atoms with Crippen molar-refractivity contribution in [1.29, 1.82) is 0 Å². The molecule has 2 aromatic heterocycles. The molecule has 0 atom stereocenters. The van der Waals surface area contributed by atoms with Gasteiger partial charge >= 0.3 is 0 Å². The summed E-state index contributed by atoms with van der Waals surface area (Å²) in [5.41, 5.74) is 4.75. The van der Waals surface area contributed by atoms with Gasteiger partial charge in [0.05, 0.1) is 5.69 Å². The maximum absolute atomic E-state index is 12.2. The normalized spacial score (nSPS) is 10.8. The van der Waals surface area contributed by atoms with E-state index in [1.807, 2.05) is 67.0 Å². The van der Waals surface area contributed by atoms with Crippen molar-refractivity contribution in [2.24, 2.45) is 0 Å². The lowest BCUT2D eigenvalue weighted by Crippen LogP contribution is -2.26. The Bertz CT molecular complexity index is 910. The molecular formula is C21H23N3O2. The summed E-state index contributed by atoms with van der Waals surface area (Å²) in [5.74, 6) is -0.102. The fraction of sp³-hybridized carbons (Fsp3) is 0.286. The van der Waals surface area contributed by atoms with Crippen LogP contribution < -0.4 is 5.32 Å². The average molecular weight is 349 g/mol. The Morgan fingerprint density at radius 2 is 1.92 bits per heavy atom. The van der Waals surface area contributed by atoms with Crippen molar-refractivity contribution in [2.75, 3.05) is 6.54 Å². The molecule has 0 unspecified atom stereocenters. The number of hydrogen-bond donors (Lipinski definition) is 1. The standard InChI is InChI=1S/C21H23N3O2/c1-15-6-7-17(13-16(15)2)19(25)8-9-21(26)22-11-10-18-14-24-12-4-3-5-20(24)23-18/h3-7,12-14H,8-11H2,1-2H3,(H,22,26). The van der Waals surface area contributed by atoms with Gasteiger partial charge in [-0.1, -0.05) is 18.2 Å². The summed E-state index contributed by atoms with van der Waals surface area (Å²) in [4.78, 5) is 28.7. The molecule has 0 radical (unpaired) electrons. The van der Waals surface area contributed by atoms with Crippen LogP contribution in [0.1, 0.15) is 40.0 Å². The van der Waals surface area contributed by atoms with E-state index in [0.717, 1.165) is 22.5 Å². The van der Waals surface area contributed by atoms with Gasteiger partial charge in [-0.2, -0.15) is 0 Å². The van der Waals surface area contributed by atoms with Crippen molar-refractivity contribution in [3.63, 3.8) is 0 Å². The highest BCUT2D eigenvalue weighted by molar-refractivity contribution is 5.98. The van der Waals surface area contributed by atoms with E-state index in [2.05, 4.69) is 10.3 Å². The number of aromatic nitrogens is 2. The lowest BCUT2D eigenvalue weighted by Gasteiger charge is -2.06. The van der Waals surface area contributed by atoms with Crippen LogP contribution in [0.2, 0.25) is 0 Å². The van der Waals surface area contributed by atoms with Crippen LogP contribution in [0.15, 0.2) is 48.8 Å². The quantitative estimate of drug-likeness (QED) is 0.666. The fourth-order valence-corrected chi connectivity index (χ4v) is 2.81. The molecule has 0 spiro atoms. The Kier molecular flexibility index (Phi) is 5.46. The van der Waals surface area contributed by atoms with Crippen LogP contribution in [-0.2, 0) is 11.2 Å². The minimum absolute atomic E-state index is 0.00333. The zero-order chi connectivity index (χ0) is 18.5. The van der Waals surface area contributed by atoms with Crippen LogP contribution in [0.25, 0.3) is 5.65 Å². The minimum Gasteiger partial charge on any atom is -0.356 e. The number of hydrogen-bond acceptors (Lipinski definition) is 3. The third kappa shape index (κ3) is 4.36. The van der Waals surface area contributed by atoms with E-state index in [9.17, 15) is 9.59 Å². The largest absolute Gasteiger partial charge is 0.356 e. The van der Waals surface area contributed by atoms with Gasteiger partial charge in [-0.3, -0.25) is 9.59 Å². The van der Waals surface area contributed by atoms with Gasteiger partial charge < -0.3 is 9.72 Å². The Balaban J connectivity index is 1.43. The molecule has 1 amide bonds. The first-order valence-electron chi connectivity index (χ1n) is 8.83. The number of aryl methyl sites for hydroxylation is 2. The van der Waals surface area contributed by atoms with E-state index < -0.39 is 0 Å². The lowest BCUT2D eigenvalue weighted by atomic mass is 10.0. The average Bonchev–Trinajstić information content (AvgIpc) is 3.04. The van der Waals surface area contributed by atoms with Gasteiger partial charge in [0, 0.05) is 43.8 Å². The number of amides is 1. The van der Waals surface area contributed by atoms with E-state index in [1.54, 1.807) is 0 Å². The van der Waals surface area contributed by atoms with E-state index in [4.69, 9.17) is 0 Å². The highest BCUT2D eigenvalue weighted by Crippen LogP contribution is 2.12. The first kappa shape index (κ1) is 17.9. The summed E-state index contributed by atoms with van der Waals surface area (Å²) >= 11 is 0. The number of nitrogens with one attached hydrogen (secondary N) is 1. The number of Topliss-reactive ketones (excluding diaryl/α,β-unsaturated/α-hetero) is 1. The smallest absolute Gasteiger partial charge is 0.220 e. The van der Waals surface area contributed by atoms with Crippen molar-refractivity contribution in [3.05, 3.63) is 71.2 Å². The van der Waals surface area contributed by atoms with Crippen LogP contribution >= 0.6 is 0 Å². The fourth-order valence-electron chi connectivity index (χ4n) is 2.81. The topological polar surface area (TPSA) is 63.5 Å². The van der Waals surface area contributed by atoms with Crippen molar-refractivity contribution >= 4 is 17.3 Å². The van der Waals surface area contributed by atoms with E-state index >= 15 is 0 Å². The number of ketones is 1. The first-order chi connectivity index (χ1) is 12.5. The summed E-state index contributed by atoms with van der Waals surface area (Å²) in [6.45, 7) is 4.51. The van der Waals surface area contributed by atoms with E-state index in [0.29, 0.717) is 18.5 Å². The van der Waals surface area contributed by atoms with E-state index in [-0.39, 0.29) is 24.5 Å². The second-order valence-electron chi connectivity index (χ2n) is 6.52. The second kappa shape index (κ2) is 7.95. The minimum atomic E-state index is -0.106. The van der Waals surface area contributed by atoms with Crippen LogP contribution in [-0.4, -0.2) is 27.6 Å². The third-order valence-corrected chi connectivity index (χ3v) is 4.53. The van der Waals surface area contributed by atoms with Crippen LogP contribution in [0.3, 0.4) is 0 Å². The number of carbonyl (C=O) groups excluding carboxylic acids is 2. The molecule has 0 aliphatic rings. The van der Waals surface area contributed by atoms with Crippen molar-refractivity contribution < 1.29 is 9.59 Å². The van der Waals surface area contributed by atoms with Crippen LogP contribution in [0.5, 0.6) is 0 Å². The molecule has 1 N–H and O–H groups in total. The molecule has 134 valence electrons. The van der Waals surface area contributed by atoms with Crippen LogP contribution in [0, 0.1) is 13.8 Å². The Hall–Kier alpha value is -2.95. The Morgan fingerprint density at radius 3 is 2.69 bits per heavy atom. The van der Waals surface area contributed by atoms with Gasteiger partial charge in [0.25, 0.3) is 0 Å². The predicted molar refractivity (Wildman–Crippen MR) is 101 cm³/mol. The lowest BCUT2D eigenvalue weighted by molar-refractivity contribution is -0.121. The molecule has 3 aromatic rings. The Labute approximate surface area is 153 Å². The molecule has 26 heavy (non-hydrogen) atoms. The highest BCUT2D eigenvalue weighted by Gasteiger charge is 2.10. The molecule has 0 aliphatic carbocycles. The second-order valence-corrected chi connectivity index (χ2v) is 6.52. The van der Waals surface area contributed by atoms with Gasteiger partial charge in [-0.15, -0.1) is 0 Å². The summed E-state index contributed by atoms with van der Waals surface area (Å²) in [6, 6.07) is 11.5. The number of nitrogens with zero attached hydrogens (tertiary/aromatic N) is 2. The third-order valence-electron chi connectivity index (χ3n) is 4.53. The Morgan fingerprint density at radius 1 is 1.08 bits per heavy atom. The van der Waals surface area contributed by atoms with Gasteiger partial charge in [-0.05, 0) is 43.2 Å². The molecule has 2 heterocycles. The highest BCUT2D eigenvalue weighted by atomic mass is 16.2. The molecular weight excluding hydrogens is 326 g/mol. The van der Waals surface area contributed by atoms with Gasteiger partial charge in [-0.25, -0.2) is 4.98 Å². The molecule has 0 aliphatic heterocycles. The monoisotopic (exact) mass is 349 g/mol. The molecule has 0 saturated heterocycles. The summed E-state index contributed by atoms with van der Waals surface area (Å²) in [5, 5.41) is 2.86. The summed E-state index contributed by atoms with van der Waals surface area (Å²) < 4.78 is 1.96. The number of rotatable bonds is 7. The number of carbonyl (C=O) groups is 2. The van der Waals surface area contributed by atoms with Gasteiger partial charge in [0.15, 0.2) is 5.78 Å². The predicted octanol–water partition coefficient (Wildman–Crippen LogP) is 3.27. The molecule has 5 nitrogen and oxygen atoms in total. The van der Waals surface area contributed by atoms with Crippen molar-refractivity contribution in [1.82, 2.24) is 14.7 Å². The molecule has 3 rings (SSSR count).